The second-order valence-electron chi connectivity index (χ2n) is 7.45. The monoisotopic (exact) mass is 396 g/mol. The molecule has 2 N–H and O–H groups in total. The number of carbonyl (C=O) groups excluding carboxylic acids is 2. The highest BCUT2D eigenvalue weighted by atomic mass is 16.5. The number of carbonyl (C=O) groups is 2. The van der Waals surface area contributed by atoms with E-state index in [0.29, 0.717) is 23.9 Å². The van der Waals surface area contributed by atoms with E-state index in [0.717, 1.165) is 38.0 Å². The van der Waals surface area contributed by atoms with Gasteiger partial charge in [0.1, 0.15) is 5.75 Å². The van der Waals surface area contributed by atoms with Crippen LogP contribution >= 0.6 is 0 Å². The second kappa shape index (κ2) is 10.0. The zero-order chi connectivity index (χ0) is 20.6. The molecule has 0 radical (unpaired) electrons. The number of nitrogens with zero attached hydrogens (tertiary/aromatic N) is 2. The summed E-state index contributed by atoms with van der Waals surface area (Å²) < 4.78 is 5.23. The smallest absolute Gasteiger partial charge is 0.313 e. The largest absolute Gasteiger partial charge is 0.495 e. The highest BCUT2D eigenvalue weighted by Gasteiger charge is 2.22. The molecule has 29 heavy (non-hydrogen) atoms. The molecule has 0 unspecified atom stereocenters. The Morgan fingerprint density at radius 1 is 1.21 bits per heavy atom. The Morgan fingerprint density at radius 2 is 2.00 bits per heavy atom. The Kier molecular flexibility index (Phi) is 7.19. The number of aromatic nitrogens is 1. The van der Waals surface area contributed by atoms with Gasteiger partial charge in [0, 0.05) is 25.5 Å². The van der Waals surface area contributed by atoms with E-state index < -0.39 is 11.8 Å². The molecule has 1 aromatic carbocycles. The van der Waals surface area contributed by atoms with Crippen molar-refractivity contribution >= 4 is 17.5 Å². The van der Waals surface area contributed by atoms with Gasteiger partial charge in [-0.2, -0.15) is 0 Å². The zero-order valence-corrected chi connectivity index (χ0v) is 17.0. The number of ether oxygens (including phenoxy) is 1. The first kappa shape index (κ1) is 20.8. The molecule has 1 saturated heterocycles. The number of benzene rings is 1. The van der Waals surface area contributed by atoms with Gasteiger partial charge in [-0.25, -0.2) is 0 Å². The van der Waals surface area contributed by atoms with Crippen molar-refractivity contribution in [2.75, 3.05) is 32.1 Å². The molecular formula is C22H28N4O3. The first-order valence-electron chi connectivity index (χ1n) is 9.90. The maximum Gasteiger partial charge on any atom is 0.313 e. The van der Waals surface area contributed by atoms with E-state index in [1.54, 1.807) is 18.3 Å². The van der Waals surface area contributed by atoms with Crippen molar-refractivity contribution in [3.8, 4) is 5.75 Å². The quantitative estimate of drug-likeness (QED) is 0.733. The van der Waals surface area contributed by atoms with Gasteiger partial charge in [-0.05, 0) is 68.1 Å². The van der Waals surface area contributed by atoms with Crippen molar-refractivity contribution in [3.63, 3.8) is 0 Å². The third-order valence-electron chi connectivity index (χ3n) is 5.20. The summed E-state index contributed by atoms with van der Waals surface area (Å²) in [6.45, 7) is 5.27. The van der Waals surface area contributed by atoms with Crippen molar-refractivity contribution < 1.29 is 14.3 Å². The van der Waals surface area contributed by atoms with Crippen LogP contribution in [0.1, 0.15) is 24.0 Å². The SMILES string of the molecule is COc1ccc(C)cc1NC(=O)C(=O)NCC1CCN(Cc2cccnc2)CC1. The van der Waals surface area contributed by atoms with E-state index >= 15 is 0 Å². The first-order chi connectivity index (χ1) is 14.0. The molecule has 2 heterocycles. The molecule has 2 aromatic rings. The molecule has 154 valence electrons. The number of nitrogens with one attached hydrogen (secondary N) is 2. The van der Waals surface area contributed by atoms with Crippen molar-refractivity contribution in [1.29, 1.82) is 0 Å². The average Bonchev–Trinajstić information content (AvgIpc) is 2.74. The molecule has 3 rings (SSSR count). The van der Waals surface area contributed by atoms with Crippen LogP contribution in [-0.4, -0.2) is 48.4 Å². The van der Waals surface area contributed by atoms with E-state index in [9.17, 15) is 9.59 Å². The summed E-state index contributed by atoms with van der Waals surface area (Å²) in [5.41, 5.74) is 2.68. The van der Waals surface area contributed by atoms with Crippen LogP contribution in [0.15, 0.2) is 42.7 Å². The van der Waals surface area contributed by atoms with Crippen molar-refractivity contribution in [2.45, 2.75) is 26.3 Å². The van der Waals surface area contributed by atoms with Crippen LogP contribution in [0, 0.1) is 12.8 Å². The molecule has 1 aliphatic heterocycles. The number of methoxy groups -OCH3 is 1. The number of rotatable bonds is 6. The highest BCUT2D eigenvalue weighted by molar-refractivity contribution is 6.39. The first-order valence-corrected chi connectivity index (χ1v) is 9.90. The number of amides is 2. The Hall–Kier alpha value is -2.93. The van der Waals surface area contributed by atoms with Crippen LogP contribution in [-0.2, 0) is 16.1 Å². The van der Waals surface area contributed by atoms with Gasteiger partial charge in [-0.1, -0.05) is 12.1 Å². The minimum atomic E-state index is -0.678. The molecule has 0 saturated carbocycles. The summed E-state index contributed by atoms with van der Waals surface area (Å²) in [6.07, 6.45) is 5.67. The molecular weight excluding hydrogens is 368 g/mol. The molecule has 0 atom stereocenters. The van der Waals surface area contributed by atoms with Gasteiger partial charge in [-0.15, -0.1) is 0 Å². The van der Waals surface area contributed by atoms with Crippen LogP contribution in [0.5, 0.6) is 5.75 Å². The van der Waals surface area contributed by atoms with Gasteiger partial charge >= 0.3 is 11.8 Å². The van der Waals surface area contributed by atoms with Crippen molar-refractivity contribution in [1.82, 2.24) is 15.2 Å². The van der Waals surface area contributed by atoms with Crippen molar-refractivity contribution in [3.05, 3.63) is 53.9 Å². The maximum absolute atomic E-state index is 12.2. The lowest BCUT2D eigenvalue weighted by Gasteiger charge is -2.31. The standard InChI is InChI=1S/C22H28N4O3/c1-16-5-6-20(29-2)19(12-16)25-22(28)21(27)24-14-17-7-10-26(11-8-17)15-18-4-3-9-23-13-18/h3-6,9,12-13,17H,7-8,10-11,14-15H2,1-2H3,(H,24,27)(H,25,28). The Bertz CT molecular complexity index is 833. The maximum atomic E-state index is 12.2. The lowest BCUT2D eigenvalue weighted by molar-refractivity contribution is -0.136. The van der Waals surface area contributed by atoms with Gasteiger partial charge in [-0.3, -0.25) is 19.5 Å². The topological polar surface area (TPSA) is 83.6 Å². The molecule has 1 aliphatic rings. The molecule has 7 nitrogen and oxygen atoms in total. The minimum absolute atomic E-state index is 0.380. The number of likely N-dealkylation sites (tertiary alicyclic amines) is 1. The van der Waals surface area contributed by atoms with E-state index in [1.165, 1.54) is 12.7 Å². The van der Waals surface area contributed by atoms with Crippen LogP contribution < -0.4 is 15.4 Å². The third kappa shape index (κ3) is 6.02. The fraction of sp³-hybridized carbons (Fsp3) is 0.409. The van der Waals surface area contributed by atoms with Gasteiger partial charge in [0.15, 0.2) is 0 Å². The predicted octanol–water partition coefficient (Wildman–Crippen LogP) is 2.37. The van der Waals surface area contributed by atoms with Gasteiger partial charge in [0.05, 0.1) is 12.8 Å². The third-order valence-corrected chi connectivity index (χ3v) is 5.20. The normalized spacial score (nSPS) is 15.0. The van der Waals surface area contributed by atoms with Gasteiger partial charge in [0.25, 0.3) is 0 Å². The Balaban J connectivity index is 1.42. The van der Waals surface area contributed by atoms with E-state index in [2.05, 4.69) is 26.6 Å². The van der Waals surface area contributed by atoms with Crippen LogP contribution in [0.25, 0.3) is 0 Å². The van der Waals surface area contributed by atoms with E-state index in [1.807, 2.05) is 25.3 Å². The fourth-order valence-corrected chi connectivity index (χ4v) is 3.51. The van der Waals surface area contributed by atoms with Crippen LogP contribution in [0.3, 0.4) is 0 Å². The minimum Gasteiger partial charge on any atom is -0.495 e. The lowest BCUT2D eigenvalue weighted by atomic mass is 9.96. The van der Waals surface area contributed by atoms with Gasteiger partial charge < -0.3 is 15.4 Å². The van der Waals surface area contributed by atoms with Crippen LogP contribution in [0.2, 0.25) is 0 Å². The summed E-state index contributed by atoms with van der Waals surface area (Å²) in [6, 6.07) is 9.47. The van der Waals surface area contributed by atoms with Gasteiger partial charge in [0.2, 0.25) is 0 Å². The molecule has 1 aromatic heterocycles. The summed E-state index contributed by atoms with van der Waals surface area (Å²) >= 11 is 0. The second-order valence-corrected chi connectivity index (χ2v) is 7.45. The number of anilines is 1. The number of hydrogen-bond donors (Lipinski definition) is 2. The molecule has 0 aliphatic carbocycles. The van der Waals surface area contributed by atoms with E-state index in [4.69, 9.17) is 4.74 Å². The fourth-order valence-electron chi connectivity index (χ4n) is 3.51. The summed E-state index contributed by atoms with van der Waals surface area (Å²) in [7, 11) is 1.53. The molecule has 7 heteroatoms. The summed E-state index contributed by atoms with van der Waals surface area (Å²) in [4.78, 5) is 31.0. The number of hydrogen-bond acceptors (Lipinski definition) is 5. The van der Waals surface area contributed by atoms with Crippen LogP contribution in [0.4, 0.5) is 5.69 Å². The predicted molar refractivity (Wildman–Crippen MR) is 112 cm³/mol. The number of pyridine rings is 1. The molecule has 1 fully saturated rings. The molecule has 0 bridgehead atoms. The Morgan fingerprint density at radius 3 is 2.69 bits per heavy atom. The Labute approximate surface area is 171 Å². The summed E-state index contributed by atoms with van der Waals surface area (Å²) in [5, 5.41) is 5.40. The van der Waals surface area contributed by atoms with Crippen molar-refractivity contribution in [2.24, 2.45) is 5.92 Å². The lowest BCUT2D eigenvalue weighted by Crippen LogP contribution is -2.41. The molecule has 2 amide bonds. The average molecular weight is 396 g/mol. The zero-order valence-electron chi connectivity index (χ0n) is 17.0. The highest BCUT2D eigenvalue weighted by Crippen LogP contribution is 2.25. The molecule has 0 spiro atoms. The number of aryl methyl sites for hydroxylation is 1. The van der Waals surface area contributed by atoms with E-state index in [-0.39, 0.29) is 0 Å². The summed E-state index contributed by atoms with van der Waals surface area (Å²) in [5.74, 6) is -0.391. The number of piperidine rings is 1.